The van der Waals surface area contributed by atoms with Crippen molar-refractivity contribution in [2.75, 3.05) is 13.1 Å². The highest BCUT2D eigenvalue weighted by atomic mass is 19.1. The van der Waals surface area contributed by atoms with Crippen LogP contribution in [0.3, 0.4) is 0 Å². The Morgan fingerprint density at radius 2 is 1.81 bits per heavy atom. The Labute approximate surface area is 152 Å². The fourth-order valence-electron chi connectivity index (χ4n) is 2.52. The lowest BCUT2D eigenvalue weighted by molar-refractivity contribution is -0.140. The molecule has 1 aromatic heterocycles. The molecule has 6 heteroatoms. The van der Waals surface area contributed by atoms with Gasteiger partial charge in [-0.15, -0.1) is 6.58 Å². The fourth-order valence-corrected chi connectivity index (χ4v) is 2.52. The number of hydrogen-bond donors (Lipinski definition) is 0. The molecule has 2 aromatic rings. The number of aryl methyl sites for hydroxylation is 1. The average Bonchev–Trinajstić information content (AvgIpc) is 3.00. The molecule has 0 saturated heterocycles. The minimum absolute atomic E-state index is 0.0533. The van der Waals surface area contributed by atoms with Crippen molar-refractivity contribution < 1.29 is 18.4 Å². The minimum Gasteiger partial charge on any atom is -0.464 e. The van der Waals surface area contributed by atoms with Crippen molar-refractivity contribution in [3.8, 4) is 0 Å². The Hall–Kier alpha value is -2.89. The van der Waals surface area contributed by atoms with E-state index in [2.05, 4.69) is 6.58 Å². The summed E-state index contributed by atoms with van der Waals surface area (Å²) in [7, 11) is 0. The Kier molecular flexibility index (Phi) is 6.72. The summed E-state index contributed by atoms with van der Waals surface area (Å²) >= 11 is 0. The van der Waals surface area contributed by atoms with Gasteiger partial charge in [0.2, 0.25) is 11.8 Å². The molecule has 5 nitrogen and oxygen atoms in total. The third kappa shape index (κ3) is 5.58. The largest absolute Gasteiger partial charge is 0.464 e. The molecule has 26 heavy (non-hydrogen) atoms. The van der Waals surface area contributed by atoms with E-state index in [4.69, 9.17) is 4.42 Å². The van der Waals surface area contributed by atoms with Crippen molar-refractivity contribution >= 4 is 11.8 Å². The summed E-state index contributed by atoms with van der Waals surface area (Å²) in [6, 6.07) is 9.62. The van der Waals surface area contributed by atoms with Crippen LogP contribution < -0.4 is 0 Å². The predicted molar refractivity (Wildman–Crippen MR) is 96.6 cm³/mol. The molecule has 0 spiro atoms. The van der Waals surface area contributed by atoms with Crippen molar-refractivity contribution in [1.29, 1.82) is 0 Å². The second kappa shape index (κ2) is 8.99. The Bertz CT molecular complexity index is 768. The first-order chi connectivity index (χ1) is 12.4. The van der Waals surface area contributed by atoms with Crippen molar-refractivity contribution in [1.82, 2.24) is 9.80 Å². The van der Waals surface area contributed by atoms with Crippen LogP contribution in [0, 0.1) is 12.7 Å². The lowest BCUT2D eigenvalue weighted by Gasteiger charge is -2.26. The SMILES string of the molecule is C=CCN(CC(=O)N(Cc1ccc(F)cc1)Cc1ccc(C)o1)C(C)=O. The third-order valence-electron chi connectivity index (χ3n) is 3.90. The molecule has 0 N–H and O–H groups in total. The van der Waals surface area contributed by atoms with Crippen LogP contribution in [0.15, 0.2) is 53.5 Å². The van der Waals surface area contributed by atoms with Crippen molar-refractivity contribution in [3.05, 3.63) is 72.0 Å². The topological polar surface area (TPSA) is 53.8 Å². The molecular weight excluding hydrogens is 335 g/mol. The van der Waals surface area contributed by atoms with Crippen LogP contribution in [-0.2, 0) is 22.7 Å². The maximum absolute atomic E-state index is 13.1. The second-order valence-electron chi connectivity index (χ2n) is 6.08. The predicted octanol–water partition coefficient (Wildman–Crippen LogP) is 3.29. The summed E-state index contributed by atoms with van der Waals surface area (Å²) in [6.07, 6.45) is 1.58. The molecule has 138 valence electrons. The lowest BCUT2D eigenvalue weighted by Crippen LogP contribution is -2.41. The first kappa shape index (κ1) is 19.4. The number of benzene rings is 1. The quantitative estimate of drug-likeness (QED) is 0.681. The van der Waals surface area contributed by atoms with Gasteiger partial charge < -0.3 is 14.2 Å². The highest BCUT2D eigenvalue weighted by Crippen LogP contribution is 2.14. The summed E-state index contributed by atoms with van der Waals surface area (Å²) in [5.41, 5.74) is 0.793. The Balaban J connectivity index is 2.17. The highest BCUT2D eigenvalue weighted by Gasteiger charge is 2.20. The molecule has 0 saturated carbocycles. The summed E-state index contributed by atoms with van der Waals surface area (Å²) in [4.78, 5) is 27.5. The van der Waals surface area contributed by atoms with Gasteiger partial charge >= 0.3 is 0 Å². The monoisotopic (exact) mass is 358 g/mol. The van der Waals surface area contributed by atoms with E-state index in [1.165, 1.54) is 24.0 Å². The zero-order chi connectivity index (χ0) is 19.1. The van der Waals surface area contributed by atoms with Crippen LogP contribution in [-0.4, -0.2) is 34.7 Å². The van der Waals surface area contributed by atoms with Crippen LogP contribution in [0.5, 0.6) is 0 Å². The van der Waals surface area contributed by atoms with Crippen LogP contribution in [0.25, 0.3) is 0 Å². The molecule has 0 unspecified atom stereocenters. The Morgan fingerprint density at radius 1 is 1.12 bits per heavy atom. The van der Waals surface area contributed by atoms with Crippen LogP contribution >= 0.6 is 0 Å². The van der Waals surface area contributed by atoms with E-state index < -0.39 is 0 Å². The number of halogens is 1. The number of amides is 2. The van der Waals surface area contributed by atoms with Gasteiger partial charge in [-0.1, -0.05) is 18.2 Å². The van der Waals surface area contributed by atoms with Gasteiger partial charge in [-0.25, -0.2) is 4.39 Å². The van der Waals surface area contributed by atoms with Gasteiger partial charge in [0, 0.05) is 20.0 Å². The molecule has 0 atom stereocenters. The zero-order valence-corrected chi connectivity index (χ0v) is 15.1. The van der Waals surface area contributed by atoms with Crippen LogP contribution in [0.1, 0.15) is 24.0 Å². The number of carbonyl (C=O) groups is 2. The molecule has 1 heterocycles. The van der Waals surface area contributed by atoms with E-state index in [1.54, 1.807) is 23.1 Å². The summed E-state index contributed by atoms with van der Waals surface area (Å²) in [5, 5.41) is 0. The van der Waals surface area contributed by atoms with E-state index >= 15 is 0 Å². The van der Waals surface area contributed by atoms with Crippen molar-refractivity contribution in [2.24, 2.45) is 0 Å². The van der Waals surface area contributed by atoms with E-state index in [1.807, 2.05) is 19.1 Å². The van der Waals surface area contributed by atoms with Crippen LogP contribution in [0.2, 0.25) is 0 Å². The van der Waals surface area contributed by atoms with E-state index in [0.29, 0.717) is 18.8 Å². The number of nitrogens with zero attached hydrogens (tertiary/aromatic N) is 2. The first-order valence-electron chi connectivity index (χ1n) is 8.33. The van der Waals surface area contributed by atoms with Gasteiger partial charge in [0.15, 0.2) is 0 Å². The van der Waals surface area contributed by atoms with Gasteiger partial charge in [-0.2, -0.15) is 0 Å². The number of hydrogen-bond acceptors (Lipinski definition) is 3. The maximum atomic E-state index is 13.1. The normalized spacial score (nSPS) is 10.4. The van der Waals surface area contributed by atoms with Crippen LogP contribution in [0.4, 0.5) is 4.39 Å². The van der Waals surface area contributed by atoms with Gasteiger partial charge in [-0.3, -0.25) is 9.59 Å². The number of rotatable bonds is 8. The third-order valence-corrected chi connectivity index (χ3v) is 3.90. The molecular formula is C20H23FN2O3. The summed E-state index contributed by atoms with van der Waals surface area (Å²) in [5.74, 6) is 0.651. The zero-order valence-electron chi connectivity index (χ0n) is 15.1. The summed E-state index contributed by atoms with van der Waals surface area (Å²) < 4.78 is 18.7. The van der Waals surface area contributed by atoms with Crippen molar-refractivity contribution in [3.63, 3.8) is 0 Å². The van der Waals surface area contributed by atoms with Gasteiger partial charge in [0.05, 0.1) is 6.54 Å². The lowest BCUT2D eigenvalue weighted by atomic mass is 10.2. The van der Waals surface area contributed by atoms with E-state index in [9.17, 15) is 14.0 Å². The molecule has 2 amide bonds. The molecule has 1 aromatic carbocycles. The molecule has 0 radical (unpaired) electrons. The number of carbonyl (C=O) groups excluding carboxylic acids is 2. The first-order valence-corrected chi connectivity index (χ1v) is 8.33. The standard InChI is InChI=1S/C20H23FN2O3/c1-4-11-22(16(3)24)14-20(25)23(13-19-10-5-15(2)26-19)12-17-6-8-18(21)9-7-17/h4-10H,1,11-14H2,2-3H3. The summed E-state index contributed by atoms with van der Waals surface area (Å²) in [6.45, 7) is 7.66. The maximum Gasteiger partial charge on any atom is 0.242 e. The van der Waals surface area contributed by atoms with Gasteiger partial charge in [-0.05, 0) is 36.8 Å². The molecule has 0 aliphatic carbocycles. The molecule has 0 aliphatic heterocycles. The molecule has 0 bridgehead atoms. The van der Waals surface area contributed by atoms with Gasteiger partial charge in [0.25, 0.3) is 0 Å². The molecule has 0 aliphatic rings. The molecule has 0 fully saturated rings. The smallest absolute Gasteiger partial charge is 0.242 e. The van der Waals surface area contributed by atoms with Gasteiger partial charge in [0.1, 0.15) is 23.9 Å². The average molecular weight is 358 g/mol. The van der Waals surface area contributed by atoms with E-state index in [-0.39, 0.29) is 30.7 Å². The van der Waals surface area contributed by atoms with Crippen molar-refractivity contribution in [2.45, 2.75) is 26.9 Å². The fraction of sp³-hybridized carbons (Fsp3) is 0.300. The Morgan fingerprint density at radius 3 is 2.35 bits per heavy atom. The van der Waals surface area contributed by atoms with E-state index in [0.717, 1.165) is 11.3 Å². The highest BCUT2D eigenvalue weighted by molar-refractivity contribution is 5.84. The minimum atomic E-state index is -0.331. The number of furan rings is 1. The molecule has 2 rings (SSSR count). The second-order valence-corrected chi connectivity index (χ2v) is 6.08.